The summed E-state index contributed by atoms with van der Waals surface area (Å²) in [5, 5.41) is 8.09. The Morgan fingerprint density at radius 1 is 0.750 bits per heavy atom. The Morgan fingerprint density at radius 2 is 1.18 bits per heavy atom. The Morgan fingerprint density at radius 3 is 1.57 bits per heavy atom. The fourth-order valence-corrected chi connectivity index (χ4v) is 4.17. The largest absolute Gasteiger partial charge is 0.416 e. The number of amides is 1. The molecule has 0 aliphatic rings. The number of benzene rings is 3. The Hall–Kier alpha value is -3.64. The molecule has 5 nitrogen and oxygen atoms in total. The summed E-state index contributed by atoms with van der Waals surface area (Å²) in [6.07, 6.45) is -10.0. The number of carbonyl (C=O) groups excluding carboxylic acids is 1. The molecule has 3 aromatic rings. The highest BCUT2D eigenvalue weighted by molar-refractivity contribution is 7.80. The number of nitrogens with one attached hydrogen (secondary N) is 3. The zero-order chi connectivity index (χ0) is 29.7. The van der Waals surface area contributed by atoms with Gasteiger partial charge in [-0.2, -0.15) is 26.3 Å². The Kier molecular flexibility index (Phi) is 9.80. The second kappa shape index (κ2) is 12.7. The van der Waals surface area contributed by atoms with Crippen molar-refractivity contribution in [2.24, 2.45) is 11.7 Å². The SMILES string of the molecule is CC(C)[C@H](N)C(=O)N[C@@H](c1ccccc1)[C@@H](NC(=S)Nc1cc(C(F)(F)F)cc(C(F)(F)F)c1)c1ccccc1. The van der Waals surface area contributed by atoms with E-state index in [4.69, 9.17) is 18.0 Å². The first-order valence-electron chi connectivity index (χ1n) is 12.2. The van der Waals surface area contributed by atoms with E-state index in [1.54, 1.807) is 74.5 Å². The lowest BCUT2D eigenvalue weighted by molar-refractivity contribution is -0.143. The molecule has 0 saturated carbocycles. The Bertz CT molecular complexity index is 1270. The van der Waals surface area contributed by atoms with E-state index in [9.17, 15) is 31.1 Å². The van der Waals surface area contributed by atoms with Gasteiger partial charge in [0.15, 0.2) is 5.11 Å². The zero-order valence-electron chi connectivity index (χ0n) is 21.5. The van der Waals surface area contributed by atoms with Crippen LogP contribution in [-0.4, -0.2) is 17.1 Å². The number of alkyl halides is 6. The maximum atomic E-state index is 13.3. The molecule has 3 aromatic carbocycles. The van der Waals surface area contributed by atoms with Crippen LogP contribution >= 0.6 is 12.2 Å². The van der Waals surface area contributed by atoms with Gasteiger partial charge in [0.25, 0.3) is 0 Å². The van der Waals surface area contributed by atoms with Crippen molar-refractivity contribution in [1.82, 2.24) is 10.6 Å². The topological polar surface area (TPSA) is 79.2 Å². The van der Waals surface area contributed by atoms with Crippen LogP contribution in [0.4, 0.5) is 32.0 Å². The van der Waals surface area contributed by atoms with Crippen molar-refractivity contribution >= 4 is 28.9 Å². The molecular weight excluding hydrogens is 554 g/mol. The number of hydrogen-bond donors (Lipinski definition) is 4. The van der Waals surface area contributed by atoms with Crippen molar-refractivity contribution in [3.63, 3.8) is 0 Å². The fraction of sp³-hybridized carbons (Fsp3) is 0.286. The molecule has 0 radical (unpaired) electrons. The van der Waals surface area contributed by atoms with E-state index in [0.29, 0.717) is 23.3 Å². The Labute approximate surface area is 233 Å². The standard InChI is InChI=1S/C28H28F6N4OS/c1-16(2)22(35)25(39)37-23(17-9-5-3-6-10-17)24(18-11-7-4-8-12-18)38-26(40)36-21-14-19(27(29,30)31)13-20(15-21)28(32,33)34/h3-16,22-24H,35H2,1-2H3,(H,37,39)(H2,36,38,40)/t22-,23-,24-/m0/s1. The smallest absolute Gasteiger partial charge is 0.353 e. The number of carbonyl (C=O) groups is 1. The van der Waals surface area contributed by atoms with E-state index in [2.05, 4.69) is 16.0 Å². The van der Waals surface area contributed by atoms with Crippen LogP contribution in [0.25, 0.3) is 0 Å². The minimum absolute atomic E-state index is 0.0351. The van der Waals surface area contributed by atoms with Crippen LogP contribution in [0, 0.1) is 5.92 Å². The molecular formula is C28H28F6N4OS. The van der Waals surface area contributed by atoms with Gasteiger partial charge in [-0.3, -0.25) is 4.79 Å². The lowest BCUT2D eigenvalue weighted by atomic mass is 9.92. The van der Waals surface area contributed by atoms with Crippen molar-refractivity contribution in [3.8, 4) is 0 Å². The van der Waals surface area contributed by atoms with Gasteiger partial charge in [-0.1, -0.05) is 74.5 Å². The van der Waals surface area contributed by atoms with Gasteiger partial charge in [-0.25, -0.2) is 0 Å². The first-order valence-corrected chi connectivity index (χ1v) is 12.6. The molecule has 0 aromatic heterocycles. The lowest BCUT2D eigenvalue weighted by Gasteiger charge is -2.32. The fourth-order valence-electron chi connectivity index (χ4n) is 3.93. The molecule has 0 unspecified atom stereocenters. The molecule has 214 valence electrons. The van der Waals surface area contributed by atoms with E-state index < -0.39 is 53.2 Å². The van der Waals surface area contributed by atoms with Gasteiger partial charge in [0.1, 0.15) is 0 Å². The third-order valence-electron chi connectivity index (χ3n) is 6.10. The molecule has 0 saturated heterocycles. The number of thiocarbonyl (C=S) groups is 1. The van der Waals surface area contributed by atoms with Crippen LogP contribution in [0.2, 0.25) is 0 Å². The number of hydrogen-bond acceptors (Lipinski definition) is 3. The Balaban J connectivity index is 2.00. The minimum atomic E-state index is -5.02. The maximum absolute atomic E-state index is 13.3. The normalized spacial score (nSPS) is 14.2. The summed E-state index contributed by atoms with van der Waals surface area (Å²) in [5.74, 6) is -0.621. The van der Waals surface area contributed by atoms with Crippen molar-refractivity contribution in [3.05, 3.63) is 101 Å². The summed E-state index contributed by atoms with van der Waals surface area (Å²) < 4.78 is 80.1. The quantitative estimate of drug-likeness (QED) is 0.178. The first-order chi connectivity index (χ1) is 18.7. The van der Waals surface area contributed by atoms with Crippen LogP contribution in [0.1, 0.15) is 48.2 Å². The number of halogens is 6. The maximum Gasteiger partial charge on any atom is 0.416 e. The molecule has 0 aliphatic carbocycles. The van der Waals surface area contributed by atoms with Gasteiger partial charge >= 0.3 is 12.4 Å². The molecule has 1 amide bonds. The van der Waals surface area contributed by atoms with E-state index in [0.717, 1.165) is 0 Å². The van der Waals surface area contributed by atoms with Crippen LogP contribution in [0.3, 0.4) is 0 Å². The number of rotatable bonds is 8. The number of anilines is 1. The lowest BCUT2D eigenvalue weighted by Crippen LogP contribution is -2.48. The second-order valence-electron chi connectivity index (χ2n) is 9.45. The van der Waals surface area contributed by atoms with Crippen LogP contribution in [-0.2, 0) is 17.1 Å². The van der Waals surface area contributed by atoms with E-state index >= 15 is 0 Å². The average Bonchev–Trinajstić information content (AvgIpc) is 2.89. The molecule has 0 spiro atoms. The van der Waals surface area contributed by atoms with Gasteiger partial charge in [0.2, 0.25) is 5.91 Å². The van der Waals surface area contributed by atoms with Gasteiger partial charge in [0.05, 0.1) is 29.3 Å². The third kappa shape index (κ3) is 8.18. The molecule has 0 aliphatic heterocycles. The molecule has 0 bridgehead atoms. The van der Waals surface area contributed by atoms with E-state index in [-0.39, 0.29) is 17.1 Å². The molecule has 40 heavy (non-hydrogen) atoms. The van der Waals surface area contributed by atoms with E-state index in [1.807, 2.05) is 0 Å². The average molecular weight is 583 g/mol. The highest BCUT2D eigenvalue weighted by Gasteiger charge is 2.37. The highest BCUT2D eigenvalue weighted by Crippen LogP contribution is 2.38. The minimum Gasteiger partial charge on any atom is -0.353 e. The van der Waals surface area contributed by atoms with Crippen LogP contribution in [0.5, 0.6) is 0 Å². The summed E-state index contributed by atoms with van der Waals surface area (Å²) in [6.45, 7) is 3.58. The molecule has 3 atom stereocenters. The zero-order valence-corrected chi connectivity index (χ0v) is 22.3. The van der Waals surface area contributed by atoms with Gasteiger partial charge < -0.3 is 21.7 Å². The van der Waals surface area contributed by atoms with Crippen molar-refractivity contribution in [2.75, 3.05) is 5.32 Å². The monoisotopic (exact) mass is 582 g/mol. The molecule has 0 heterocycles. The first kappa shape index (κ1) is 30.9. The van der Waals surface area contributed by atoms with Crippen LogP contribution < -0.4 is 21.7 Å². The molecule has 3 rings (SSSR count). The summed E-state index contributed by atoms with van der Waals surface area (Å²) in [6, 6.07) is 16.3. The predicted octanol–water partition coefficient (Wildman–Crippen LogP) is 6.59. The van der Waals surface area contributed by atoms with Crippen LogP contribution in [0.15, 0.2) is 78.9 Å². The van der Waals surface area contributed by atoms with Gasteiger partial charge in [-0.05, 0) is 47.5 Å². The molecule has 12 heteroatoms. The highest BCUT2D eigenvalue weighted by atomic mass is 32.1. The third-order valence-corrected chi connectivity index (χ3v) is 6.32. The number of nitrogens with two attached hydrogens (primary N) is 1. The summed E-state index contributed by atoms with van der Waals surface area (Å²) in [5.41, 5.74) is 3.90. The molecule has 5 N–H and O–H groups in total. The van der Waals surface area contributed by atoms with E-state index in [1.165, 1.54) is 0 Å². The summed E-state index contributed by atoms with van der Waals surface area (Å²) >= 11 is 5.34. The van der Waals surface area contributed by atoms with Crippen molar-refractivity contribution < 1.29 is 31.1 Å². The summed E-state index contributed by atoms with van der Waals surface area (Å²) in [4.78, 5) is 13.0. The van der Waals surface area contributed by atoms with Crippen molar-refractivity contribution in [1.29, 1.82) is 0 Å². The summed E-state index contributed by atoms with van der Waals surface area (Å²) in [7, 11) is 0. The second-order valence-corrected chi connectivity index (χ2v) is 9.86. The van der Waals surface area contributed by atoms with Gasteiger partial charge in [0, 0.05) is 5.69 Å². The van der Waals surface area contributed by atoms with Gasteiger partial charge in [-0.15, -0.1) is 0 Å². The predicted molar refractivity (Wildman–Crippen MR) is 145 cm³/mol. The van der Waals surface area contributed by atoms with Crippen molar-refractivity contribution in [2.45, 2.75) is 44.3 Å². The molecule has 0 fully saturated rings.